The molecule has 0 aliphatic heterocycles. The molecule has 1 N–H and O–H groups in total. The minimum absolute atomic E-state index is 0.212. The SMILES string of the molecule is C=C(C)[C@H]1CCC2C3CC=C4C[C@H](NC(=O)OC(C)(C)C)CC[C@]4(C)C3CC[C@@]21C. The number of rotatable bonds is 2. The maximum absolute atomic E-state index is 12.3. The van der Waals surface area contributed by atoms with Crippen molar-refractivity contribution < 1.29 is 9.53 Å². The minimum atomic E-state index is -0.442. The molecule has 3 fully saturated rings. The van der Waals surface area contributed by atoms with Gasteiger partial charge in [-0.05, 0) is 114 Å². The van der Waals surface area contributed by atoms with Crippen LogP contribution in [0.2, 0.25) is 0 Å². The summed E-state index contributed by atoms with van der Waals surface area (Å²) in [6, 6.07) is 0.212. The van der Waals surface area contributed by atoms with Crippen LogP contribution < -0.4 is 5.32 Å². The molecule has 168 valence electrons. The Morgan fingerprint density at radius 1 is 1.13 bits per heavy atom. The van der Waals surface area contributed by atoms with E-state index in [0.29, 0.717) is 10.8 Å². The van der Waals surface area contributed by atoms with Crippen molar-refractivity contribution in [2.45, 2.75) is 105 Å². The highest BCUT2D eigenvalue weighted by Crippen LogP contribution is 2.66. The van der Waals surface area contributed by atoms with E-state index in [-0.39, 0.29) is 12.1 Å². The van der Waals surface area contributed by atoms with Crippen molar-refractivity contribution in [1.29, 1.82) is 0 Å². The third-order valence-electron chi connectivity index (χ3n) is 9.42. The molecular weight excluding hydrogens is 370 g/mol. The first kappa shape index (κ1) is 22.0. The van der Waals surface area contributed by atoms with E-state index in [1.807, 2.05) is 20.8 Å². The molecule has 0 bridgehead atoms. The van der Waals surface area contributed by atoms with Crippen molar-refractivity contribution in [2.75, 3.05) is 0 Å². The van der Waals surface area contributed by atoms with Gasteiger partial charge in [-0.1, -0.05) is 37.6 Å². The summed E-state index contributed by atoms with van der Waals surface area (Å²) in [4.78, 5) is 12.3. The van der Waals surface area contributed by atoms with E-state index in [1.165, 1.54) is 44.1 Å². The molecule has 0 radical (unpaired) electrons. The number of allylic oxidation sites excluding steroid dienone is 2. The van der Waals surface area contributed by atoms with Crippen molar-refractivity contribution >= 4 is 6.09 Å². The monoisotopic (exact) mass is 413 g/mol. The van der Waals surface area contributed by atoms with Gasteiger partial charge in [0.15, 0.2) is 0 Å². The summed E-state index contributed by atoms with van der Waals surface area (Å²) < 4.78 is 5.50. The lowest BCUT2D eigenvalue weighted by Crippen LogP contribution is -2.52. The average Bonchev–Trinajstić information content (AvgIpc) is 2.98. The van der Waals surface area contributed by atoms with Crippen molar-refractivity contribution in [3.8, 4) is 0 Å². The van der Waals surface area contributed by atoms with Crippen LogP contribution in [0, 0.1) is 34.5 Å². The summed E-state index contributed by atoms with van der Waals surface area (Å²) in [6.45, 7) is 17.5. The zero-order valence-electron chi connectivity index (χ0n) is 20.1. The second kappa shape index (κ2) is 7.41. The largest absolute Gasteiger partial charge is 0.444 e. The second-order valence-electron chi connectivity index (χ2n) is 12.4. The van der Waals surface area contributed by atoms with Gasteiger partial charge in [0.25, 0.3) is 0 Å². The normalized spacial score (nSPS) is 43.0. The molecule has 4 aliphatic rings. The van der Waals surface area contributed by atoms with Crippen molar-refractivity contribution in [2.24, 2.45) is 34.5 Å². The van der Waals surface area contributed by atoms with E-state index in [2.05, 4.69) is 38.7 Å². The van der Waals surface area contributed by atoms with Gasteiger partial charge in [-0.15, -0.1) is 0 Å². The van der Waals surface area contributed by atoms with Gasteiger partial charge in [0.1, 0.15) is 5.60 Å². The van der Waals surface area contributed by atoms with E-state index in [4.69, 9.17) is 4.74 Å². The number of carbonyl (C=O) groups excluding carboxylic acids is 1. The van der Waals surface area contributed by atoms with Crippen molar-refractivity contribution in [3.05, 3.63) is 23.8 Å². The zero-order valence-corrected chi connectivity index (χ0v) is 20.1. The Labute approximate surface area is 184 Å². The number of hydrogen-bond acceptors (Lipinski definition) is 2. The first-order valence-electron chi connectivity index (χ1n) is 12.3. The van der Waals surface area contributed by atoms with E-state index in [0.717, 1.165) is 36.5 Å². The second-order valence-corrected chi connectivity index (χ2v) is 12.4. The summed E-state index contributed by atoms with van der Waals surface area (Å²) in [5.41, 5.74) is 3.35. The summed E-state index contributed by atoms with van der Waals surface area (Å²) >= 11 is 0. The molecule has 0 aromatic heterocycles. The van der Waals surface area contributed by atoms with Crippen LogP contribution in [0.3, 0.4) is 0 Å². The smallest absolute Gasteiger partial charge is 0.407 e. The first-order valence-corrected chi connectivity index (χ1v) is 12.3. The van der Waals surface area contributed by atoms with Gasteiger partial charge in [-0.25, -0.2) is 4.79 Å². The summed E-state index contributed by atoms with van der Waals surface area (Å²) in [5, 5.41) is 3.15. The summed E-state index contributed by atoms with van der Waals surface area (Å²) in [5.74, 6) is 3.21. The van der Waals surface area contributed by atoms with Crippen LogP contribution in [0.15, 0.2) is 23.8 Å². The van der Waals surface area contributed by atoms with Gasteiger partial charge in [-0.2, -0.15) is 0 Å². The number of amides is 1. The topological polar surface area (TPSA) is 38.3 Å². The molecule has 1 amide bonds. The van der Waals surface area contributed by atoms with E-state index in [1.54, 1.807) is 5.57 Å². The van der Waals surface area contributed by atoms with E-state index < -0.39 is 5.60 Å². The average molecular weight is 414 g/mol. The van der Waals surface area contributed by atoms with Crippen molar-refractivity contribution in [3.63, 3.8) is 0 Å². The van der Waals surface area contributed by atoms with Gasteiger partial charge < -0.3 is 10.1 Å². The molecule has 7 atom stereocenters. The molecule has 4 rings (SSSR count). The van der Waals surface area contributed by atoms with Gasteiger partial charge in [-0.3, -0.25) is 0 Å². The Morgan fingerprint density at radius 2 is 1.87 bits per heavy atom. The maximum Gasteiger partial charge on any atom is 0.407 e. The standard InChI is InChI=1S/C27H43NO2/c1-17(2)21-10-11-22-20-9-8-18-16-19(28-24(29)30-25(3,4)5)12-14-26(18,6)23(20)13-15-27(21,22)7/h8,19-23H,1,9-16H2,2-7H3,(H,28,29)/t19-,20?,21-,22?,23?,26+,27-/m1/s1. The number of hydrogen-bond donors (Lipinski definition) is 1. The Balaban J connectivity index is 1.48. The zero-order chi connectivity index (χ0) is 21.9. The van der Waals surface area contributed by atoms with Crippen LogP contribution in [-0.2, 0) is 4.74 Å². The predicted molar refractivity (Wildman–Crippen MR) is 123 cm³/mol. The predicted octanol–water partition coefficient (Wildman–Crippen LogP) is 7.03. The van der Waals surface area contributed by atoms with Crippen LogP contribution in [-0.4, -0.2) is 17.7 Å². The molecule has 4 aliphatic carbocycles. The Bertz CT molecular complexity index is 746. The molecule has 3 heteroatoms. The van der Waals surface area contributed by atoms with Crippen LogP contribution in [0.1, 0.15) is 92.9 Å². The van der Waals surface area contributed by atoms with Gasteiger partial charge in [0, 0.05) is 6.04 Å². The van der Waals surface area contributed by atoms with Gasteiger partial charge in [0.2, 0.25) is 0 Å². The number of nitrogens with one attached hydrogen (secondary N) is 1. The maximum atomic E-state index is 12.3. The number of carbonyl (C=O) groups is 1. The number of fused-ring (bicyclic) bond motifs is 5. The molecule has 0 saturated heterocycles. The third kappa shape index (κ3) is 3.65. The molecule has 3 saturated carbocycles. The van der Waals surface area contributed by atoms with Crippen LogP contribution in [0.5, 0.6) is 0 Å². The first-order chi connectivity index (χ1) is 13.9. The highest BCUT2D eigenvalue weighted by atomic mass is 16.6. The minimum Gasteiger partial charge on any atom is -0.444 e. The molecule has 0 aromatic carbocycles. The molecule has 30 heavy (non-hydrogen) atoms. The van der Waals surface area contributed by atoms with E-state index >= 15 is 0 Å². The summed E-state index contributed by atoms with van der Waals surface area (Å²) in [6.07, 6.45) is 12.2. The summed E-state index contributed by atoms with van der Waals surface area (Å²) in [7, 11) is 0. The van der Waals surface area contributed by atoms with Gasteiger partial charge >= 0.3 is 6.09 Å². The highest BCUT2D eigenvalue weighted by molar-refractivity contribution is 5.68. The van der Waals surface area contributed by atoms with E-state index in [9.17, 15) is 4.79 Å². The van der Waals surface area contributed by atoms with Crippen LogP contribution in [0.4, 0.5) is 4.79 Å². The fourth-order valence-electron chi connectivity index (χ4n) is 8.07. The highest BCUT2D eigenvalue weighted by Gasteiger charge is 2.58. The molecule has 3 nitrogen and oxygen atoms in total. The fourth-order valence-corrected chi connectivity index (χ4v) is 8.07. The van der Waals surface area contributed by atoms with Crippen LogP contribution in [0.25, 0.3) is 0 Å². The third-order valence-corrected chi connectivity index (χ3v) is 9.42. The fraction of sp³-hybridized carbons (Fsp3) is 0.815. The number of alkyl carbamates (subject to hydrolysis) is 1. The Morgan fingerprint density at radius 3 is 2.53 bits per heavy atom. The number of ether oxygens (including phenoxy) is 1. The molecule has 3 unspecified atom stereocenters. The Kier molecular flexibility index (Phi) is 5.43. The lowest BCUT2D eigenvalue weighted by molar-refractivity contribution is -0.0381. The molecule has 0 spiro atoms. The van der Waals surface area contributed by atoms with Crippen LogP contribution >= 0.6 is 0 Å². The lowest BCUT2D eigenvalue weighted by Gasteiger charge is -2.58. The Hall–Kier alpha value is -1.25. The molecule has 0 heterocycles. The molecular formula is C27H43NO2. The van der Waals surface area contributed by atoms with Gasteiger partial charge in [0.05, 0.1) is 0 Å². The molecule has 0 aromatic rings. The quantitative estimate of drug-likeness (QED) is 0.493. The lowest BCUT2D eigenvalue weighted by atomic mass is 9.47. The van der Waals surface area contributed by atoms with Crippen molar-refractivity contribution in [1.82, 2.24) is 5.32 Å².